The molecule has 6 nitrogen and oxygen atoms in total. The Labute approximate surface area is 114 Å². The van der Waals surface area contributed by atoms with Gasteiger partial charge in [0.1, 0.15) is 0 Å². The fourth-order valence-electron chi connectivity index (χ4n) is 2.11. The summed E-state index contributed by atoms with van der Waals surface area (Å²) in [6, 6.07) is 5.61. The number of halogens is 1. The minimum Gasteiger partial charge on any atom is -0.379 e. The molecule has 2 aromatic heterocycles. The van der Waals surface area contributed by atoms with E-state index >= 15 is 0 Å². The van der Waals surface area contributed by atoms with Crippen LogP contribution < -0.4 is 5.73 Å². The predicted molar refractivity (Wildman–Crippen MR) is 72.7 cm³/mol. The first-order chi connectivity index (χ1) is 9.22. The van der Waals surface area contributed by atoms with E-state index in [-0.39, 0.29) is 5.82 Å². The van der Waals surface area contributed by atoms with Crippen LogP contribution in [0.15, 0.2) is 22.8 Å². The molecule has 0 aliphatic heterocycles. The monoisotopic (exact) mass is 277 g/mol. The maximum Gasteiger partial charge on any atom is 0.199 e. The number of rotatable bonds is 3. The van der Waals surface area contributed by atoms with E-state index in [4.69, 9.17) is 17.3 Å². The lowest BCUT2D eigenvalue weighted by atomic mass is 10.3. The summed E-state index contributed by atoms with van der Waals surface area (Å²) in [5, 5.41) is 8.06. The Hall–Kier alpha value is -2.08. The zero-order chi connectivity index (χ0) is 13.4. The third-order valence-electron chi connectivity index (χ3n) is 2.89. The van der Waals surface area contributed by atoms with Crippen LogP contribution in [-0.2, 0) is 6.54 Å². The smallest absolute Gasteiger partial charge is 0.199 e. The number of nitrogens with zero attached hydrogens (tertiary/aromatic N) is 4. The summed E-state index contributed by atoms with van der Waals surface area (Å²) in [4.78, 5) is 4.53. The molecule has 0 saturated heterocycles. The van der Waals surface area contributed by atoms with Crippen molar-refractivity contribution in [2.24, 2.45) is 0 Å². The molecular formula is C12H12ClN5O. The van der Waals surface area contributed by atoms with E-state index in [1.165, 1.54) is 0 Å². The lowest BCUT2D eigenvalue weighted by Crippen LogP contribution is -2.02. The lowest BCUT2D eigenvalue weighted by molar-refractivity contribution is 0.310. The van der Waals surface area contributed by atoms with Crippen LogP contribution in [0.4, 0.5) is 5.82 Å². The summed E-state index contributed by atoms with van der Waals surface area (Å²) < 4.78 is 6.64. The van der Waals surface area contributed by atoms with Crippen molar-refractivity contribution in [3.05, 3.63) is 23.2 Å². The molecule has 0 amide bonds. The van der Waals surface area contributed by atoms with Crippen LogP contribution in [0, 0.1) is 0 Å². The number of aromatic nitrogens is 4. The van der Waals surface area contributed by atoms with E-state index in [1.807, 2.05) is 22.8 Å². The topological polar surface area (TPSA) is 82.8 Å². The van der Waals surface area contributed by atoms with E-state index in [0.29, 0.717) is 16.5 Å². The van der Waals surface area contributed by atoms with Crippen LogP contribution in [0.25, 0.3) is 22.6 Å². The van der Waals surface area contributed by atoms with Crippen LogP contribution in [-0.4, -0.2) is 19.9 Å². The van der Waals surface area contributed by atoms with Gasteiger partial charge in [0, 0.05) is 6.54 Å². The number of imidazole rings is 1. The Balaban J connectivity index is 2.33. The van der Waals surface area contributed by atoms with Crippen molar-refractivity contribution in [1.82, 2.24) is 19.9 Å². The van der Waals surface area contributed by atoms with Gasteiger partial charge < -0.3 is 10.3 Å². The molecule has 1 aromatic carbocycles. The Morgan fingerprint density at radius 3 is 2.89 bits per heavy atom. The van der Waals surface area contributed by atoms with E-state index in [9.17, 15) is 0 Å². The van der Waals surface area contributed by atoms with Gasteiger partial charge >= 0.3 is 0 Å². The van der Waals surface area contributed by atoms with Gasteiger partial charge in [-0.05, 0) is 28.9 Å². The number of benzene rings is 1. The van der Waals surface area contributed by atoms with Gasteiger partial charge in [0.05, 0.1) is 16.1 Å². The molecule has 0 fully saturated rings. The minimum absolute atomic E-state index is 0.226. The van der Waals surface area contributed by atoms with Gasteiger partial charge in [0.15, 0.2) is 17.3 Å². The van der Waals surface area contributed by atoms with Gasteiger partial charge in [-0.15, -0.1) is 0 Å². The summed E-state index contributed by atoms with van der Waals surface area (Å²) in [5.41, 5.74) is 7.87. The van der Waals surface area contributed by atoms with Crippen LogP contribution in [0.3, 0.4) is 0 Å². The molecule has 0 spiro atoms. The summed E-state index contributed by atoms with van der Waals surface area (Å²) in [7, 11) is 0. The maximum absolute atomic E-state index is 6.26. The SMILES string of the molecule is CCCn1c(-c2nonc2N)nc2cccc(Cl)c21. The quantitative estimate of drug-likeness (QED) is 0.796. The molecule has 3 aromatic rings. The van der Waals surface area contributed by atoms with Crippen LogP contribution >= 0.6 is 11.6 Å². The number of fused-ring (bicyclic) bond motifs is 1. The molecule has 0 atom stereocenters. The number of nitrogens with two attached hydrogens (primary N) is 1. The second-order valence-corrected chi connectivity index (χ2v) is 4.60. The zero-order valence-corrected chi connectivity index (χ0v) is 11.1. The normalized spacial score (nSPS) is 11.3. The van der Waals surface area contributed by atoms with Gasteiger partial charge in [-0.2, -0.15) is 0 Å². The largest absolute Gasteiger partial charge is 0.379 e. The van der Waals surface area contributed by atoms with Crippen LogP contribution in [0.2, 0.25) is 5.02 Å². The van der Waals surface area contributed by atoms with Crippen molar-refractivity contribution in [3.63, 3.8) is 0 Å². The van der Waals surface area contributed by atoms with Crippen molar-refractivity contribution < 1.29 is 4.63 Å². The number of nitrogen functional groups attached to an aromatic ring is 1. The third-order valence-corrected chi connectivity index (χ3v) is 3.20. The van der Waals surface area contributed by atoms with Gasteiger partial charge in [-0.25, -0.2) is 9.61 Å². The molecule has 0 aliphatic carbocycles. The summed E-state index contributed by atoms with van der Waals surface area (Å²) in [6.45, 7) is 2.85. The van der Waals surface area contributed by atoms with E-state index < -0.39 is 0 Å². The molecule has 0 unspecified atom stereocenters. The third kappa shape index (κ3) is 1.84. The highest BCUT2D eigenvalue weighted by atomic mass is 35.5. The van der Waals surface area contributed by atoms with Crippen LogP contribution in [0.1, 0.15) is 13.3 Å². The number of hydrogen-bond acceptors (Lipinski definition) is 5. The molecule has 3 rings (SSSR count). The number of para-hydroxylation sites is 1. The molecule has 0 aliphatic rings. The molecule has 0 bridgehead atoms. The molecule has 0 saturated carbocycles. The summed E-state index contributed by atoms with van der Waals surface area (Å²) in [5.74, 6) is 0.854. The number of anilines is 1. The van der Waals surface area contributed by atoms with Crippen molar-refractivity contribution >= 4 is 28.5 Å². The van der Waals surface area contributed by atoms with Crippen molar-refractivity contribution in [2.45, 2.75) is 19.9 Å². The number of hydrogen-bond donors (Lipinski definition) is 1. The maximum atomic E-state index is 6.26. The summed E-state index contributed by atoms with van der Waals surface area (Å²) >= 11 is 6.26. The highest BCUT2D eigenvalue weighted by Gasteiger charge is 2.19. The van der Waals surface area contributed by atoms with Gasteiger partial charge in [-0.1, -0.05) is 24.6 Å². The second kappa shape index (κ2) is 4.55. The van der Waals surface area contributed by atoms with Crippen LogP contribution in [0.5, 0.6) is 0 Å². The molecule has 7 heteroatoms. The van der Waals surface area contributed by atoms with Gasteiger partial charge in [0.25, 0.3) is 0 Å². The molecule has 19 heavy (non-hydrogen) atoms. The average molecular weight is 278 g/mol. The highest BCUT2D eigenvalue weighted by Crippen LogP contribution is 2.30. The van der Waals surface area contributed by atoms with Crippen molar-refractivity contribution in [1.29, 1.82) is 0 Å². The molecule has 0 radical (unpaired) electrons. The fraction of sp³-hybridized carbons (Fsp3) is 0.250. The second-order valence-electron chi connectivity index (χ2n) is 4.19. The van der Waals surface area contributed by atoms with Crippen molar-refractivity contribution in [3.8, 4) is 11.5 Å². The molecule has 98 valence electrons. The Kier molecular flexibility index (Phi) is 2.87. The first kappa shape index (κ1) is 12.0. The molecule has 2 heterocycles. The molecule has 2 N–H and O–H groups in total. The Morgan fingerprint density at radius 1 is 1.37 bits per heavy atom. The lowest BCUT2D eigenvalue weighted by Gasteiger charge is -2.06. The number of aryl methyl sites for hydroxylation is 1. The minimum atomic E-state index is 0.226. The summed E-state index contributed by atoms with van der Waals surface area (Å²) in [6.07, 6.45) is 0.939. The van der Waals surface area contributed by atoms with Gasteiger partial charge in [-0.3, -0.25) is 0 Å². The zero-order valence-electron chi connectivity index (χ0n) is 10.3. The Morgan fingerprint density at radius 2 is 2.21 bits per heavy atom. The first-order valence-electron chi connectivity index (χ1n) is 5.95. The predicted octanol–water partition coefficient (Wildman–Crippen LogP) is 2.73. The van der Waals surface area contributed by atoms with E-state index in [1.54, 1.807) is 0 Å². The standard InChI is InChI=1S/C12H12ClN5O/c1-2-6-18-10-7(13)4-3-5-8(10)15-12(18)9-11(14)17-19-16-9/h3-5H,2,6H2,1H3,(H2,14,17). The Bertz CT molecular complexity index is 733. The van der Waals surface area contributed by atoms with E-state index in [2.05, 4.69) is 26.9 Å². The average Bonchev–Trinajstić information content (AvgIpc) is 2.95. The highest BCUT2D eigenvalue weighted by molar-refractivity contribution is 6.35. The van der Waals surface area contributed by atoms with Crippen molar-refractivity contribution in [2.75, 3.05) is 5.73 Å². The molecular weight excluding hydrogens is 266 g/mol. The van der Waals surface area contributed by atoms with E-state index in [0.717, 1.165) is 24.0 Å². The fourth-order valence-corrected chi connectivity index (χ4v) is 2.39. The van der Waals surface area contributed by atoms with Gasteiger partial charge in [0.2, 0.25) is 0 Å². The first-order valence-corrected chi connectivity index (χ1v) is 6.33.